The third-order valence-corrected chi connectivity index (χ3v) is 3.78. The van der Waals surface area contributed by atoms with Gasteiger partial charge in [-0.2, -0.15) is 0 Å². The van der Waals surface area contributed by atoms with Crippen LogP contribution in [-0.4, -0.2) is 51.1 Å². The van der Waals surface area contributed by atoms with Crippen molar-refractivity contribution in [1.29, 1.82) is 0 Å². The van der Waals surface area contributed by atoms with Crippen molar-refractivity contribution in [2.75, 3.05) is 44.8 Å². The summed E-state index contributed by atoms with van der Waals surface area (Å²) < 4.78 is 5.47. The molecular formula is C17H28N2O2. The highest BCUT2D eigenvalue weighted by atomic mass is 16.5. The Morgan fingerprint density at radius 1 is 1.33 bits per heavy atom. The first kappa shape index (κ1) is 16.3. The van der Waals surface area contributed by atoms with E-state index in [0.29, 0.717) is 13.2 Å². The third kappa shape index (κ3) is 6.93. The number of hydrogen-bond acceptors (Lipinski definition) is 4. The van der Waals surface area contributed by atoms with E-state index in [1.54, 1.807) is 0 Å². The van der Waals surface area contributed by atoms with Crippen LogP contribution in [0.1, 0.15) is 19.3 Å². The average molecular weight is 292 g/mol. The van der Waals surface area contributed by atoms with Gasteiger partial charge in [-0.3, -0.25) is 0 Å². The Balaban J connectivity index is 1.45. The van der Waals surface area contributed by atoms with Gasteiger partial charge in [0.05, 0.1) is 12.7 Å². The van der Waals surface area contributed by atoms with E-state index in [2.05, 4.69) is 41.5 Å². The number of ether oxygens (including phenoxy) is 1. The zero-order valence-electron chi connectivity index (χ0n) is 13.0. The van der Waals surface area contributed by atoms with E-state index < -0.39 is 6.10 Å². The molecule has 0 amide bonds. The van der Waals surface area contributed by atoms with Crippen LogP contribution < -0.4 is 10.2 Å². The molecule has 1 unspecified atom stereocenters. The zero-order chi connectivity index (χ0) is 14.9. The van der Waals surface area contributed by atoms with Gasteiger partial charge in [-0.15, -0.1) is 0 Å². The number of nitrogens with one attached hydrogen (secondary N) is 1. The molecule has 0 bridgehead atoms. The third-order valence-electron chi connectivity index (χ3n) is 3.78. The lowest BCUT2D eigenvalue weighted by molar-refractivity contribution is 0.0326. The fourth-order valence-electron chi connectivity index (χ4n) is 2.24. The Hall–Kier alpha value is -1.10. The van der Waals surface area contributed by atoms with Gasteiger partial charge in [-0.1, -0.05) is 18.2 Å². The van der Waals surface area contributed by atoms with Gasteiger partial charge in [0.2, 0.25) is 0 Å². The summed E-state index contributed by atoms with van der Waals surface area (Å²) in [6.45, 7) is 3.80. The van der Waals surface area contributed by atoms with Crippen molar-refractivity contribution in [3.05, 3.63) is 30.3 Å². The maximum Gasteiger partial charge on any atom is 0.0897 e. The summed E-state index contributed by atoms with van der Waals surface area (Å²) in [5.74, 6) is 0.763. The average Bonchev–Trinajstić information content (AvgIpc) is 3.32. The molecule has 0 radical (unpaired) electrons. The highest BCUT2D eigenvalue weighted by Gasteiger charge is 2.21. The van der Waals surface area contributed by atoms with Gasteiger partial charge in [0.15, 0.2) is 0 Å². The minimum atomic E-state index is -0.393. The summed E-state index contributed by atoms with van der Waals surface area (Å²) in [5, 5.41) is 13.1. The van der Waals surface area contributed by atoms with Crippen molar-refractivity contribution in [2.24, 2.45) is 5.92 Å². The minimum absolute atomic E-state index is 0.393. The Labute approximate surface area is 128 Å². The van der Waals surface area contributed by atoms with Crippen molar-refractivity contribution < 1.29 is 9.84 Å². The minimum Gasteiger partial charge on any atom is -0.389 e. The van der Waals surface area contributed by atoms with Crippen LogP contribution in [0.15, 0.2) is 30.3 Å². The number of hydrogen-bond donors (Lipinski definition) is 2. The van der Waals surface area contributed by atoms with Crippen LogP contribution in [-0.2, 0) is 4.74 Å². The standard InChI is InChI=1S/C17H28N2O2/c1-19(16-6-3-2-4-7-16)11-5-10-18-12-17(20)14-21-13-15-8-9-15/h2-4,6-7,15,17-18,20H,5,8-14H2,1H3. The van der Waals surface area contributed by atoms with E-state index in [4.69, 9.17) is 4.74 Å². The van der Waals surface area contributed by atoms with Gasteiger partial charge < -0.3 is 20.1 Å². The van der Waals surface area contributed by atoms with Crippen molar-refractivity contribution in [3.63, 3.8) is 0 Å². The van der Waals surface area contributed by atoms with Crippen molar-refractivity contribution in [3.8, 4) is 0 Å². The molecular weight excluding hydrogens is 264 g/mol. The molecule has 4 heteroatoms. The monoisotopic (exact) mass is 292 g/mol. The molecule has 0 heterocycles. The zero-order valence-corrected chi connectivity index (χ0v) is 13.0. The lowest BCUT2D eigenvalue weighted by Gasteiger charge is -2.19. The summed E-state index contributed by atoms with van der Waals surface area (Å²) in [6, 6.07) is 10.4. The second-order valence-corrected chi connectivity index (χ2v) is 5.95. The summed E-state index contributed by atoms with van der Waals surface area (Å²) in [5.41, 5.74) is 1.24. The number of para-hydroxylation sites is 1. The normalized spacial score (nSPS) is 15.9. The van der Waals surface area contributed by atoms with Gasteiger partial charge in [0, 0.05) is 32.4 Å². The van der Waals surface area contributed by atoms with E-state index in [0.717, 1.165) is 32.0 Å². The Kier molecular flexibility index (Phi) is 7.00. The van der Waals surface area contributed by atoms with Crippen molar-refractivity contribution in [1.82, 2.24) is 5.32 Å². The number of aliphatic hydroxyl groups is 1. The van der Waals surface area contributed by atoms with Crippen molar-refractivity contribution >= 4 is 5.69 Å². The van der Waals surface area contributed by atoms with E-state index in [9.17, 15) is 5.11 Å². The quantitative estimate of drug-likeness (QED) is 0.611. The summed E-state index contributed by atoms with van der Waals surface area (Å²) in [6.07, 6.45) is 3.25. The number of rotatable bonds is 11. The highest BCUT2D eigenvalue weighted by Crippen LogP contribution is 2.28. The molecule has 1 atom stereocenters. The molecule has 21 heavy (non-hydrogen) atoms. The lowest BCUT2D eigenvalue weighted by atomic mass is 10.3. The molecule has 1 aromatic rings. The van der Waals surface area contributed by atoms with E-state index in [-0.39, 0.29) is 0 Å². The molecule has 0 spiro atoms. The largest absolute Gasteiger partial charge is 0.389 e. The lowest BCUT2D eigenvalue weighted by Crippen LogP contribution is -2.32. The smallest absolute Gasteiger partial charge is 0.0897 e. The number of aliphatic hydroxyl groups excluding tert-OH is 1. The predicted octanol–water partition coefficient (Wildman–Crippen LogP) is 1.89. The molecule has 1 aliphatic carbocycles. The first-order chi connectivity index (χ1) is 10.3. The predicted molar refractivity (Wildman–Crippen MR) is 86.7 cm³/mol. The van der Waals surface area contributed by atoms with Gasteiger partial charge in [-0.25, -0.2) is 0 Å². The molecule has 118 valence electrons. The van der Waals surface area contributed by atoms with Gasteiger partial charge >= 0.3 is 0 Å². The van der Waals surface area contributed by atoms with Crippen LogP contribution in [0.4, 0.5) is 5.69 Å². The Morgan fingerprint density at radius 2 is 2.10 bits per heavy atom. The first-order valence-corrected chi connectivity index (χ1v) is 7.98. The first-order valence-electron chi connectivity index (χ1n) is 7.98. The molecule has 0 saturated heterocycles. The second-order valence-electron chi connectivity index (χ2n) is 5.95. The van der Waals surface area contributed by atoms with E-state index >= 15 is 0 Å². The van der Waals surface area contributed by atoms with Gasteiger partial charge in [0.25, 0.3) is 0 Å². The fourth-order valence-corrected chi connectivity index (χ4v) is 2.24. The van der Waals surface area contributed by atoms with Crippen LogP contribution in [0, 0.1) is 5.92 Å². The molecule has 0 aliphatic heterocycles. The maximum atomic E-state index is 9.77. The summed E-state index contributed by atoms with van der Waals surface area (Å²) >= 11 is 0. The van der Waals surface area contributed by atoms with Crippen molar-refractivity contribution in [2.45, 2.75) is 25.4 Å². The Bertz CT molecular complexity index is 382. The van der Waals surface area contributed by atoms with Crippen LogP contribution in [0.25, 0.3) is 0 Å². The molecule has 0 aromatic heterocycles. The van der Waals surface area contributed by atoms with Crippen LogP contribution >= 0.6 is 0 Å². The van der Waals surface area contributed by atoms with E-state index in [1.165, 1.54) is 18.5 Å². The topological polar surface area (TPSA) is 44.7 Å². The molecule has 2 rings (SSSR count). The molecule has 4 nitrogen and oxygen atoms in total. The van der Waals surface area contributed by atoms with Gasteiger partial charge in [-0.05, 0) is 43.9 Å². The maximum absolute atomic E-state index is 9.77. The number of anilines is 1. The van der Waals surface area contributed by atoms with Crippen LogP contribution in [0.2, 0.25) is 0 Å². The Morgan fingerprint density at radius 3 is 2.81 bits per heavy atom. The molecule has 2 N–H and O–H groups in total. The molecule has 1 saturated carbocycles. The summed E-state index contributed by atoms with van der Waals surface area (Å²) in [7, 11) is 2.11. The number of benzene rings is 1. The fraction of sp³-hybridized carbons (Fsp3) is 0.647. The molecule has 1 aromatic carbocycles. The van der Waals surface area contributed by atoms with Crippen LogP contribution in [0.3, 0.4) is 0 Å². The van der Waals surface area contributed by atoms with E-state index in [1.807, 2.05) is 6.07 Å². The molecule has 1 aliphatic rings. The van der Waals surface area contributed by atoms with Crippen LogP contribution in [0.5, 0.6) is 0 Å². The summed E-state index contributed by atoms with van der Waals surface area (Å²) in [4.78, 5) is 2.25. The molecule has 1 fully saturated rings. The SMILES string of the molecule is CN(CCCNCC(O)COCC1CC1)c1ccccc1. The van der Waals surface area contributed by atoms with Gasteiger partial charge in [0.1, 0.15) is 0 Å². The number of nitrogens with zero attached hydrogens (tertiary/aromatic N) is 1. The highest BCUT2D eigenvalue weighted by molar-refractivity contribution is 5.44. The second kappa shape index (κ2) is 9.03.